The summed E-state index contributed by atoms with van der Waals surface area (Å²) in [6.07, 6.45) is 0. The van der Waals surface area contributed by atoms with Gasteiger partial charge in [0.2, 0.25) is 10.2 Å². The molecule has 1 saturated heterocycles. The fourth-order valence-electron chi connectivity index (χ4n) is 3.28. The predicted molar refractivity (Wildman–Crippen MR) is 132 cm³/mol. The molecule has 0 unspecified atom stereocenters. The molecule has 9 heteroatoms. The van der Waals surface area contributed by atoms with Gasteiger partial charge in [-0.05, 0) is 48.9 Å². The SMILES string of the molecule is Cc1ccc(S(=O)(=O)/N=C2\O[C@H](Sc3ccc(Cl)cc3)[C@@H](c3ccccc3)C2(Cl)Cl)cc1. The van der Waals surface area contributed by atoms with Gasteiger partial charge in [0, 0.05) is 9.92 Å². The molecule has 2 atom stereocenters. The first-order valence-corrected chi connectivity index (χ1v) is 13.1. The number of halogens is 3. The number of thioether (sulfide) groups is 1. The van der Waals surface area contributed by atoms with E-state index < -0.39 is 25.7 Å². The smallest absolute Gasteiger partial charge is 0.285 e. The lowest BCUT2D eigenvalue weighted by Gasteiger charge is -2.23. The Morgan fingerprint density at radius 3 is 2.19 bits per heavy atom. The van der Waals surface area contributed by atoms with Crippen molar-refractivity contribution in [1.29, 1.82) is 0 Å². The molecule has 4 rings (SSSR count). The molecule has 4 nitrogen and oxygen atoms in total. The van der Waals surface area contributed by atoms with Gasteiger partial charge < -0.3 is 4.74 Å². The minimum absolute atomic E-state index is 0.0356. The Hall–Kier alpha value is -1.70. The first-order valence-electron chi connectivity index (χ1n) is 9.60. The average Bonchev–Trinajstić information content (AvgIpc) is 2.99. The quantitative estimate of drug-likeness (QED) is 0.341. The molecule has 166 valence electrons. The third-order valence-electron chi connectivity index (χ3n) is 4.92. The van der Waals surface area contributed by atoms with Crippen LogP contribution < -0.4 is 0 Å². The van der Waals surface area contributed by atoms with Crippen LogP contribution in [0.2, 0.25) is 5.02 Å². The van der Waals surface area contributed by atoms with E-state index in [2.05, 4.69) is 4.40 Å². The zero-order valence-electron chi connectivity index (χ0n) is 16.8. The summed E-state index contributed by atoms with van der Waals surface area (Å²) in [4.78, 5) is 0.903. The third-order valence-corrected chi connectivity index (χ3v) is 8.39. The summed E-state index contributed by atoms with van der Waals surface area (Å²) >= 11 is 20.9. The number of ether oxygens (including phenoxy) is 1. The summed E-state index contributed by atoms with van der Waals surface area (Å²) in [5.41, 5.74) is 1.13. The molecule has 0 aliphatic carbocycles. The molecule has 0 amide bonds. The fourth-order valence-corrected chi connectivity index (χ4v) is 6.50. The average molecular weight is 527 g/mol. The molecule has 3 aromatic rings. The maximum absolute atomic E-state index is 12.9. The minimum atomic E-state index is -4.07. The van der Waals surface area contributed by atoms with Crippen LogP contribution in [-0.2, 0) is 14.8 Å². The van der Waals surface area contributed by atoms with E-state index in [9.17, 15) is 8.42 Å². The van der Waals surface area contributed by atoms with E-state index in [0.717, 1.165) is 16.0 Å². The van der Waals surface area contributed by atoms with Crippen molar-refractivity contribution in [2.24, 2.45) is 4.40 Å². The summed E-state index contributed by atoms with van der Waals surface area (Å²) in [6.45, 7) is 1.87. The summed E-state index contributed by atoms with van der Waals surface area (Å²) in [6, 6.07) is 23.0. The van der Waals surface area contributed by atoms with Crippen LogP contribution in [-0.4, -0.2) is 24.1 Å². The van der Waals surface area contributed by atoms with Gasteiger partial charge >= 0.3 is 0 Å². The Morgan fingerprint density at radius 2 is 1.56 bits per heavy atom. The summed E-state index contributed by atoms with van der Waals surface area (Å²) in [7, 11) is -4.07. The van der Waals surface area contributed by atoms with Gasteiger partial charge in [0.25, 0.3) is 10.0 Å². The number of hydrogen-bond acceptors (Lipinski definition) is 4. The van der Waals surface area contributed by atoms with Gasteiger partial charge in [0.05, 0.1) is 10.8 Å². The second kappa shape index (κ2) is 9.27. The van der Waals surface area contributed by atoms with Crippen molar-refractivity contribution in [3.63, 3.8) is 0 Å². The van der Waals surface area contributed by atoms with Crippen LogP contribution in [0, 0.1) is 6.92 Å². The lowest BCUT2D eigenvalue weighted by Crippen LogP contribution is -2.28. The van der Waals surface area contributed by atoms with Crippen LogP contribution in [0.1, 0.15) is 17.0 Å². The molecule has 1 heterocycles. The topological polar surface area (TPSA) is 55.7 Å². The van der Waals surface area contributed by atoms with E-state index in [1.165, 1.54) is 23.9 Å². The van der Waals surface area contributed by atoms with E-state index in [1.807, 2.05) is 49.4 Å². The van der Waals surface area contributed by atoms with Crippen LogP contribution in [0.15, 0.2) is 93.1 Å². The third kappa shape index (κ3) is 4.95. The van der Waals surface area contributed by atoms with E-state index in [0.29, 0.717) is 5.02 Å². The maximum atomic E-state index is 12.9. The predicted octanol–water partition coefficient (Wildman–Crippen LogP) is 6.84. The number of aryl methyl sites for hydroxylation is 1. The normalized spacial score (nSPS) is 21.4. The largest absolute Gasteiger partial charge is 0.463 e. The van der Waals surface area contributed by atoms with Crippen molar-refractivity contribution < 1.29 is 13.2 Å². The number of nitrogens with zero attached hydrogens (tertiary/aromatic N) is 1. The van der Waals surface area contributed by atoms with Crippen LogP contribution in [0.4, 0.5) is 0 Å². The summed E-state index contributed by atoms with van der Waals surface area (Å²) in [5.74, 6) is -0.818. The van der Waals surface area contributed by atoms with Crippen LogP contribution >= 0.6 is 46.6 Å². The van der Waals surface area contributed by atoms with Crippen molar-refractivity contribution in [2.45, 2.75) is 32.4 Å². The Bertz CT molecular complexity index is 1230. The van der Waals surface area contributed by atoms with Gasteiger partial charge in [0.15, 0.2) is 5.44 Å². The van der Waals surface area contributed by atoms with Crippen molar-refractivity contribution in [2.75, 3.05) is 0 Å². The molecular weight excluding hydrogens is 509 g/mol. The second-order valence-electron chi connectivity index (χ2n) is 7.25. The highest BCUT2D eigenvalue weighted by Crippen LogP contribution is 2.53. The van der Waals surface area contributed by atoms with E-state index in [-0.39, 0.29) is 10.8 Å². The van der Waals surface area contributed by atoms with Crippen LogP contribution in [0.3, 0.4) is 0 Å². The van der Waals surface area contributed by atoms with Crippen LogP contribution in [0.5, 0.6) is 0 Å². The zero-order chi connectivity index (χ0) is 22.9. The van der Waals surface area contributed by atoms with Crippen molar-refractivity contribution >= 4 is 62.5 Å². The van der Waals surface area contributed by atoms with Gasteiger partial charge in [-0.1, -0.05) is 94.6 Å². The molecule has 0 aromatic heterocycles. The molecule has 3 aromatic carbocycles. The Balaban J connectivity index is 1.74. The number of rotatable bonds is 5. The van der Waals surface area contributed by atoms with Crippen molar-refractivity contribution in [3.8, 4) is 0 Å². The molecule has 0 radical (unpaired) electrons. The first kappa shape index (κ1) is 23.5. The van der Waals surface area contributed by atoms with Gasteiger partial charge in [-0.25, -0.2) is 0 Å². The van der Waals surface area contributed by atoms with Gasteiger partial charge in [-0.3, -0.25) is 0 Å². The van der Waals surface area contributed by atoms with E-state index in [4.69, 9.17) is 39.5 Å². The van der Waals surface area contributed by atoms with Crippen molar-refractivity contribution in [3.05, 3.63) is 95.0 Å². The van der Waals surface area contributed by atoms with Gasteiger partial charge in [-0.2, -0.15) is 8.42 Å². The Kier molecular flexibility index (Phi) is 6.80. The second-order valence-corrected chi connectivity index (χ2v) is 11.9. The summed E-state index contributed by atoms with van der Waals surface area (Å²) < 4.78 is 34.1. The number of sulfonamides is 1. The molecule has 1 fully saturated rings. The molecule has 1 aliphatic heterocycles. The molecule has 0 saturated carbocycles. The standard InChI is InChI=1S/C23H18Cl3NO3S2/c1-15-7-13-19(14-8-15)32(28,29)27-22-23(25,26)20(16-5-3-2-4-6-16)21(30-22)31-18-11-9-17(24)10-12-18/h2-14,20-21H,1H3/b27-22-/t20-,21-/m1/s1. The molecule has 1 aliphatic rings. The number of alkyl halides is 2. The van der Waals surface area contributed by atoms with E-state index in [1.54, 1.807) is 24.3 Å². The lowest BCUT2D eigenvalue weighted by atomic mass is 9.97. The highest BCUT2D eigenvalue weighted by molar-refractivity contribution is 7.99. The highest BCUT2D eigenvalue weighted by Gasteiger charge is 2.55. The van der Waals surface area contributed by atoms with E-state index >= 15 is 0 Å². The molecule has 0 spiro atoms. The molecule has 32 heavy (non-hydrogen) atoms. The van der Waals surface area contributed by atoms with Gasteiger partial charge in [-0.15, -0.1) is 4.40 Å². The lowest BCUT2D eigenvalue weighted by molar-refractivity contribution is 0.293. The maximum Gasteiger partial charge on any atom is 0.285 e. The molecule has 0 N–H and O–H groups in total. The van der Waals surface area contributed by atoms with Crippen LogP contribution in [0.25, 0.3) is 0 Å². The minimum Gasteiger partial charge on any atom is -0.463 e. The molecule has 0 bridgehead atoms. The monoisotopic (exact) mass is 525 g/mol. The highest BCUT2D eigenvalue weighted by atomic mass is 35.5. The van der Waals surface area contributed by atoms with Gasteiger partial charge in [0.1, 0.15) is 0 Å². The molecular formula is C23H18Cl3NO3S2. The number of hydrogen-bond donors (Lipinski definition) is 0. The Morgan fingerprint density at radius 1 is 0.938 bits per heavy atom. The number of benzene rings is 3. The Labute approximate surface area is 206 Å². The summed E-state index contributed by atoms with van der Waals surface area (Å²) in [5, 5.41) is 0.608. The first-order chi connectivity index (χ1) is 15.2. The zero-order valence-corrected chi connectivity index (χ0v) is 20.7. The fraction of sp³-hybridized carbons (Fsp3) is 0.174. The van der Waals surface area contributed by atoms with Crippen molar-refractivity contribution in [1.82, 2.24) is 0 Å².